The Bertz CT molecular complexity index is 312. The minimum absolute atomic E-state index is 0.516. The predicted molar refractivity (Wildman–Crippen MR) is 82.0 cm³/mol. The second-order valence-corrected chi connectivity index (χ2v) is 6.50. The molecule has 2 heteroatoms. The van der Waals surface area contributed by atoms with Gasteiger partial charge in [0.05, 0.1) is 0 Å². The molecule has 1 heterocycles. The second kappa shape index (κ2) is 7.31. The first kappa shape index (κ1) is 14.9. The fourth-order valence-corrected chi connectivity index (χ4v) is 3.17. The van der Waals surface area contributed by atoms with Gasteiger partial charge in [0.1, 0.15) is 0 Å². The Morgan fingerprint density at radius 1 is 1.11 bits per heavy atom. The van der Waals surface area contributed by atoms with Crippen molar-refractivity contribution in [1.29, 1.82) is 0 Å². The van der Waals surface area contributed by atoms with E-state index in [0.29, 0.717) is 5.92 Å². The topological polar surface area (TPSA) is 6.48 Å². The van der Waals surface area contributed by atoms with Crippen molar-refractivity contribution in [3.05, 3.63) is 0 Å². The number of piperazine rings is 1. The fraction of sp³-hybridized carbons (Fsp3) is 0.882. The summed E-state index contributed by atoms with van der Waals surface area (Å²) in [5, 5.41) is 0. The predicted octanol–water partition coefficient (Wildman–Crippen LogP) is 2.84. The molecular weight excluding hydrogens is 232 g/mol. The molecule has 0 bridgehead atoms. The molecule has 19 heavy (non-hydrogen) atoms. The van der Waals surface area contributed by atoms with Crippen molar-refractivity contribution >= 4 is 0 Å². The highest BCUT2D eigenvalue weighted by Gasteiger charge is 2.33. The highest BCUT2D eigenvalue weighted by atomic mass is 15.3. The number of hydrogen-bond donors (Lipinski definition) is 0. The molecule has 0 N–H and O–H groups in total. The van der Waals surface area contributed by atoms with Gasteiger partial charge in [0, 0.05) is 51.1 Å². The molecule has 2 fully saturated rings. The Balaban J connectivity index is 1.60. The van der Waals surface area contributed by atoms with Crippen LogP contribution in [0.25, 0.3) is 0 Å². The molecule has 1 saturated heterocycles. The molecule has 0 radical (unpaired) electrons. The maximum atomic E-state index is 3.30. The molecule has 0 unspecified atom stereocenters. The first-order chi connectivity index (χ1) is 9.19. The first-order valence-corrected chi connectivity index (χ1v) is 8.13. The summed E-state index contributed by atoms with van der Waals surface area (Å²) in [7, 11) is 0. The van der Waals surface area contributed by atoms with E-state index in [1.165, 1.54) is 45.4 Å². The zero-order valence-electron chi connectivity index (χ0n) is 13.0. The van der Waals surface area contributed by atoms with E-state index in [1.54, 1.807) is 0 Å². The van der Waals surface area contributed by atoms with Gasteiger partial charge in [0.25, 0.3) is 0 Å². The van der Waals surface area contributed by atoms with Crippen molar-refractivity contribution in [2.75, 3.05) is 32.7 Å². The molecule has 1 aliphatic carbocycles. The van der Waals surface area contributed by atoms with Gasteiger partial charge in [-0.3, -0.25) is 9.80 Å². The molecule has 2 rings (SSSR count). The Morgan fingerprint density at radius 3 is 2.37 bits per heavy atom. The molecule has 0 amide bonds. The molecule has 2 nitrogen and oxygen atoms in total. The third kappa shape index (κ3) is 4.51. The van der Waals surface area contributed by atoms with Crippen LogP contribution in [0.4, 0.5) is 0 Å². The minimum atomic E-state index is 0.516. The molecule has 0 spiro atoms. The quantitative estimate of drug-likeness (QED) is 0.719. The monoisotopic (exact) mass is 262 g/mol. The number of nitrogens with zero attached hydrogens (tertiary/aromatic N) is 2. The van der Waals surface area contributed by atoms with Crippen molar-refractivity contribution in [3.63, 3.8) is 0 Å². The lowest BCUT2D eigenvalue weighted by molar-refractivity contribution is 0.0328. The van der Waals surface area contributed by atoms with E-state index in [0.717, 1.165) is 24.9 Å². The molecular formula is C17H30N2. The minimum Gasteiger partial charge on any atom is -0.300 e. The summed E-state index contributed by atoms with van der Waals surface area (Å²) in [6.45, 7) is 12.9. The summed E-state index contributed by atoms with van der Waals surface area (Å²) < 4.78 is 0. The average molecular weight is 262 g/mol. The smallest absolute Gasteiger partial charge is 0.0217 e. The lowest BCUT2D eigenvalue weighted by Gasteiger charge is -2.46. The van der Waals surface area contributed by atoms with E-state index in [1.807, 2.05) is 0 Å². The fourth-order valence-electron chi connectivity index (χ4n) is 3.17. The number of rotatable bonds is 4. The standard InChI is InChI=1S/C17H30N2/c1-4-16-13-17(14-16)19-11-9-18(10-12-19)8-6-5-7-15(2)3/h15-17H,4,6,8-14H2,1-3H3. The first-order valence-electron chi connectivity index (χ1n) is 8.13. The van der Waals surface area contributed by atoms with Gasteiger partial charge in [-0.25, -0.2) is 0 Å². The van der Waals surface area contributed by atoms with E-state index in [4.69, 9.17) is 0 Å². The normalized spacial score (nSPS) is 28.8. The van der Waals surface area contributed by atoms with Crippen molar-refractivity contribution in [1.82, 2.24) is 9.80 Å². The number of hydrogen-bond acceptors (Lipinski definition) is 2. The van der Waals surface area contributed by atoms with E-state index in [-0.39, 0.29) is 0 Å². The average Bonchev–Trinajstić information content (AvgIpc) is 2.35. The van der Waals surface area contributed by atoms with Crippen LogP contribution in [0.15, 0.2) is 0 Å². The highest BCUT2D eigenvalue weighted by Crippen LogP contribution is 2.34. The van der Waals surface area contributed by atoms with Gasteiger partial charge in [0.2, 0.25) is 0 Å². The highest BCUT2D eigenvalue weighted by molar-refractivity contribution is 5.01. The van der Waals surface area contributed by atoms with E-state index in [9.17, 15) is 0 Å². The molecule has 0 aromatic heterocycles. The van der Waals surface area contributed by atoms with Gasteiger partial charge in [0.15, 0.2) is 0 Å². The van der Waals surface area contributed by atoms with E-state index < -0.39 is 0 Å². The van der Waals surface area contributed by atoms with Crippen LogP contribution in [0, 0.1) is 23.7 Å². The molecule has 1 aliphatic heterocycles. The van der Waals surface area contributed by atoms with Gasteiger partial charge in [-0.2, -0.15) is 0 Å². The van der Waals surface area contributed by atoms with Crippen LogP contribution < -0.4 is 0 Å². The zero-order chi connectivity index (χ0) is 13.7. The summed E-state index contributed by atoms with van der Waals surface area (Å²) in [5.41, 5.74) is 0. The summed E-state index contributed by atoms with van der Waals surface area (Å²) in [6, 6.07) is 0.910. The van der Waals surface area contributed by atoms with Crippen LogP contribution in [0.5, 0.6) is 0 Å². The molecule has 0 aromatic carbocycles. The van der Waals surface area contributed by atoms with Gasteiger partial charge >= 0.3 is 0 Å². The van der Waals surface area contributed by atoms with E-state index in [2.05, 4.69) is 42.4 Å². The van der Waals surface area contributed by atoms with Gasteiger partial charge in [-0.05, 0) is 18.8 Å². The second-order valence-electron chi connectivity index (χ2n) is 6.50. The van der Waals surface area contributed by atoms with Crippen LogP contribution in [0.2, 0.25) is 0 Å². The largest absolute Gasteiger partial charge is 0.300 e. The lowest BCUT2D eigenvalue weighted by Crippen LogP contribution is -2.54. The van der Waals surface area contributed by atoms with Gasteiger partial charge in [-0.1, -0.05) is 27.2 Å². The SMILES string of the molecule is CCC1CC(N2CCN(CCC#CC(C)C)CC2)C1. The molecule has 1 saturated carbocycles. The molecule has 108 valence electrons. The Morgan fingerprint density at radius 2 is 1.79 bits per heavy atom. The van der Waals surface area contributed by atoms with Crippen molar-refractivity contribution in [2.45, 2.75) is 52.5 Å². The van der Waals surface area contributed by atoms with Crippen LogP contribution in [0.1, 0.15) is 46.5 Å². The van der Waals surface area contributed by atoms with Gasteiger partial charge < -0.3 is 0 Å². The third-order valence-corrected chi connectivity index (χ3v) is 4.66. The maximum absolute atomic E-state index is 3.30. The summed E-state index contributed by atoms with van der Waals surface area (Å²) in [4.78, 5) is 5.31. The summed E-state index contributed by atoms with van der Waals surface area (Å²) >= 11 is 0. The van der Waals surface area contributed by atoms with Crippen LogP contribution in [-0.2, 0) is 0 Å². The van der Waals surface area contributed by atoms with Crippen molar-refractivity contribution in [2.24, 2.45) is 11.8 Å². The maximum Gasteiger partial charge on any atom is 0.0217 e. The van der Waals surface area contributed by atoms with Gasteiger partial charge in [-0.15, -0.1) is 11.8 Å². The zero-order valence-corrected chi connectivity index (χ0v) is 13.0. The Hall–Kier alpha value is -0.520. The van der Waals surface area contributed by atoms with Crippen LogP contribution in [-0.4, -0.2) is 48.6 Å². The van der Waals surface area contributed by atoms with Crippen LogP contribution >= 0.6 is 0 Å². The third-order valence-electron chi connectivity index (χ3n) is 4.66. The lowest BCUT2D eigenvalue weighted by atomic mass is 9.77. The van der Waals surface area contributed by atoms with Crippen molar-refractivity contribution in [3.8, 4) is 11.8 Å². The Labute approximate surface area is 119 Å². The molecule has 0 atom stereocenters. The summed E-state index contributed by atoms with van der Waals surface area (Å²) in [6.07, 6.45) is 5.33. The molecule has 2 aliphatic rings. The van der Waals surface area contributed by atoms with Crippen LogP contribution in [0.3, 0.4) is 0 Å². The molecule has 0 aromatic rings. The Kier molecular flexibility index (Phi) is 5.73. The van der Waals surface area contributed by atoms with Crippen molar-refractivity contribution < 1.29 is 0 Å². The van der Waals surface area contributed by atoms with E-state index >= 15 is 0 Å². The summed E-state index contributed by atoms with van der Waals surface area (Å²) in [5.74, 6) is 8.09.